The van der Waals surface area contributed by atoms with Gasteiger partial charge in [0.25, 0.3) is 15.9 Å². The standard InChI is InChI=1S/C22H16FNO5S/c23-17-9-5-15(6-10-17)21(25)16-7-11-18(12-8-16)29-14-13-24-22(26)19-3-1-2-4-20(19)30(24,27)28/h1-12H,13-14H2. The van der Waals surface area contributed by atoms with Gasteiger partial charge in [-0.3, -0.25) is 9.59 Å². The van der Waals surface area contributed by atoms with Crippen molar-refractivity contribution in [2.75, 3.05) is 13.2 Å². The lowest BCUT2D eigenvalue weighted by molar-refractivity contribution is 0.0856. The Hall–Kier alpha value is -3.52. The molecule has 8 heteroatoms. The fraction of sp³-hybridized carbons (Fsp3) is 0.0909. The Kier molecular flexibility index (Phi) is 5.09. The predicted octanol–water partition coefficient (Wildman–Crippen LogP) is 3.28. The number of hydrogen-bond acceptors (Lipinski definition) is 5. The summed E-state index contributed by atoms with van der Waals surface area (Å²) in [7, 11) is -3.87. The number of sulfonamides is 1. The molecular weight excluding hydrogens is 409 g/mol. The number of ether oxygens (including phenoxy) is 1. The van der Waals surface area contributed by atoms with E-state index >= 15 is 0 Å². The predicted molar refractivity (Wildman–Crippen MR) is 106 cm³/mol. The first-order chi connectivity index (χ1) is 14.4. The molecule has 0 saturated heterocycles. The molecule has 0 spiro atoms. The Bertz CT molecular complexity index is 1220. The van der Waals surface area contributed by atoms with Gasteiger partial charge in [-0.05, 0) is 60.7 Å². The molecule has 0 unspecified atom stereocenters. The fourth-order valence-electron chi connectivity index (χ4n) is 3.17. The number of halogens is 1. The van der Waals surface area contributed by atoms with E-state index < -0.39 is 21.7 Å². The molecule has 152 valence electrons. The minimum absolute atomic E-state index is 0.00124. The number of rotatable bonds is 6. The summed E-state index contributed by atoms with van der Waals surface area (Å²) in [5.74, 6) is -0.827. The monoisotopic (exact) mass is 425 g/mol. The highest BCUT2D eigenvalue weighted by Gasteiger charge is 2.40. The molecule has 3 aromatic carbocycles. The summed E-state index contributed by atoms with van der Waals surface area (Å²) in [5.41, 5.74) is 0.922. The molecular formula is C22H16FNO5S. The second kappa shape index (κ2) is 7.72. The lowest BCUT2D eigenvalue weighted by Gasteiger charge is -2.15. The molecule has 0 aliphatic carbocycles. The third kappa shape index (κ3) is 3.57. The van der Waals surface area contributed by atoms with E-state index in [-0.39, 0.29) is 29.4 Å². The molecule has 1 heterocycles. The Morgan fingerprint density at radius 2 is 1.50 bits per heavy atom. The fourth-order valence-corrected chi connectivity index (χ4v) is 4.72. The summed E-state index contributed by atoms with van der Waals surface area (Å²) in [6.45, 7) is -0.170. The summed E-state index contributed by atoms with van der Waals surface area (Å²) in [6, 6.07) is 17.6. The van der Waals surface area contributed by atoms with Gasteiger partial charge >= 0.3 is 0 Å². The molecule has 4 rings (SSSR count). The lowest BCUT2D eigenvalue weighted by Crippen LogP contribution is -2.33. The zero-order valence-corrected chi connectivity index (χ0v) is 16.4. The highest BCUT2D eigenvalue weighted by Crippen LogP contribution is 2.29. The van der Waals surface area contributed by atoms with Crippen molar-refractivity contribution in [2.24, 2.45) is 0 Å². The Balaban J connectivity index is 1.39. The molecule has 3 aromatic rings. The Morgan fingerprint density at radius 1 is 0.900 bits per heavy atom. The molecule has 0 N–H and O–H groups in total. The van der Waals surface area contributed by atoms with Crippen molar-refractivity contribution in [1.82, 2.24) is 4.31 Å². The number of fused-ring (bicyclic) bond motifs is 1. The first-order valence-electron chi connectivity index (χ1n) is 9.07. The number of benzene rings is 3. The SMILES string of the molecule is O=C(c1ccc(F)cc1)c1ccc(OCCN2C(=O)c3ccccc3S2(=O)=O)cc1. The van der Waals surface area contributed by atoms with E-state index in [9.17, 15) is 22.4 Å². The minimum atomic E-state index is -3.87. The van der Waals surface area contributed by atoms with Crippen LogP contribution in [-0.4, -0.2) is 37.6 Å². The van der Waals surface area contributed by atoms with Crippen LogP contribution in [0, 0.1) is 5.82 Å². The highest BCUT2D eigenvalue weighted by atomic mass is 32.2. The highest BCUT2D eigenvalue weighted by molar-refractivity contribution is 7.90. The summed E-state index contributed by atoms with van der Waals surface area (Å²) in [4.78, 5) is 24.8. The summed E-state index contributed by atoms with van der Waals surface area (Å²) >= 11 is 0. The van der Waals surface area contributed by atoms with Crippen molar-refractivity contribution in [2.45, 2.75) is 4.90 Å². The number of nitrogens with zero attached hydrogens (tertiary/aromatic N) is 1. The van der Waals surface area contributed by atoms with Gasteiger partial charge in [0.15, 0.2) is 5.78 Å². The zero-order chi connectivity index (χ0) is 21.3. The van der Waals surface area contributed by atoms with Gasteiger partial charge in [-0.2, -0.15) is 0 Å². The maximum absolute atomic E-state index is 13.0. The molecule has 0 atom stereocenters. The Labute approximate surface area is 172 Å². The van der Waals surface area contributed by atoms with Crippen LogP contribution in [0.3, 0.4) is 0 Å². The average Bonchev–Trinajstić information content (AvgIpc) is 2.95. The van der Waals surface area contributed by atoms with Crippen molar-refractivity contribution in [3.63, 3.8) is 0 Å². The average molecular weight is 425 g/mol. The maximum atomic E-state index is 13.0. The molecule has 1 aliphatic heterocycles. The molecule has 0 bridgehead atoms. The van der Waals surface area contributed by atoms with Gasteiger partial charge in [0.2, 0.25) is 0 Å². The van der Waals surface area contributed by atoms with Crippen molar-refractivity contribution in [3.8, 4) is 5.75 Å². The first-order valence-corrected chi connectivity index (χ1v) is 10.5. The van der Waals surface area contributed by atoms with E-state index in [1.54, 1.807) is 36.4 Å². The number of amides is 1. The molecule has 6 nitrogen and oxygen atoms in total. The van der Waals surface area contributed by atoms with E-state index in [4.69, 9.17) is 4.74 Å². The van der Waals surface area contributed by atoms with Crippen LogP contribution in [-0.2, 0) is 10.0 Å². The molecule has 0 radical (unpaired) electrons. The van der Waals surface area contributed by atoms with Crippen LogP contribution in [0.15, 0.2) is 77.7 Å². The largest absolute Gasteiger partial charge is 0.492 e. The second-order valence-corrected chi connectivity index (χ2v) is 8.42. The quantitative estimate of drug-likeness (QED) is 0.566. The van der Waals surface area contributed by atoms with Gasteiger partial charge in [-0.1, -0.05) is 12.1 Å². The maximum Gasteiger partial charge on any atom is 0.269 e. The van der Waals surface area contributed by atoms with E-state index in [0.717, 1.165) is 4.31 Å². The van der Waals surface area contributed by atoms with Crippen LogP contribution in [0.5, 0.6) is 5.75 Å². The van der Waals surface area contributed by atoms with Crippen LogP contribution >= 0.6 is 0 Å². The first kappa shape index (κ1) is 19.8. The molecule has 0 fully saturated rings. The van der Waals surface area contributed by atoms with E-state index in [2.05, 4.69) is 0 Å². The summed E-state index contributed by atoms with van der Waals surface area (Å²) < 4.78 is 44.3. The van der Waals surface area contributed by atoms with Crippen molar-refractivity contribution in [1.29, 1.82) is 0 Å². The minimum Gasteiger partial charge on any atom is -0.492 e. The zero-order valence-electron chi connectivity index (χ0n) is 15.6. The third-order valence-electron chi connectivity index (χ3n) is 4.70. The molecule has 1 amide bonds. The lowest BCUT2D eigenvalue weighted by atomic mass is 10.0. The Morgan fingerprint density at radius 3 is 2.13 bits per heavy atom. The number of hydrogen-bond donors (Lipinski definition) is 0. The molecule has 30 heavy (non-hydrogen) atoms. The van der Waals surface area contributed by atoms with Crippen LogP contribution < -0.4 is 4.74 Å². The van der Waals surface area contributed by atoms with Crippen LogP contribution in [0.2, 0.25) is 0 Å². The molecule has 0 saturated carbocycles. The van der Waals surface area contributed by atoms with E-state index in [1.807, 2.05) is 0 Å². The van der Waals surface area contributed by atoms with Gasteiger partial charge < -0.3 is 4.74 Å². The summed E-state index contributed by atoms with van der Waals surface area (Å²) in [5, 5.41) is 0. The van der Waals surface area contributed by atoms with E-state index in [1.165, 1.54) is 36.4 Å². The smallest absolute Gasteiger partial charge is 0.269 e. The topological polar surface area (TPSA) is 80.8 Å². The van der Waals surface area contributed by atoms with E-state index in [0.29, 0.717) is 16.9 Å². The third-order valence-corrected chi connectivity index (χ3v) is 6.54. The van der Waals surface area contributed by atoms with Gasteiger partial charge in [-0.25, -0.2) is 17.1 Å². The number of carbonyl (C=O) groups excluding carboxylic acids is 2. The number of ketones is 1. The van der Waals surface area contributed by atoms with Crippen LogP contribution in [0.1, 0.15) is 26.3 Å². The number of carbonyl (C=O) groups is 2. The molecule has 1 aliphatic rings. The molecule has 0 aromatic heterocycles. The van der Waals surface area contributed by atoms with Crippen LogP contribution in [0.4, 0.5) is 4.39 Å². The van der Waals surface area contributed by atoms with Gasteiger partial charge in [0.1, 0.15) is 23.1 Å². The van der Waals surface area contributed by atoms with Gasteiger partial charge in [0, 0.05) is 11.1 Å². The summed E-state index contributed by atoms with van der Waals surface area (Å²) in [6.07, 6.45) is 0. The second-order valence-electron chi connectivity index (χ2n) is 6.59. The van der Waals surface area contributed by atoms with Crippen molar-refractivity contribution in [3.05, 3.63) is 95.3 Å². The van der Waals surface area contributed by atoms with Gasteiger partial charge in [0.05, 0.1) is 12.1 Å². The normalized spacial score (nSPS) is 14.4. The van der Waals surface area contributed by atoms with Crippen LogP contribution in [0.25, 0.3) is 0 Å². The van der Waals surface area contributed by atoms with Crippen molar-refractivity contribution < 1.29 is 27.1 Å². The van der Waals surface area contributed by atoms with Crippen molar-refractivity contribution >= 4 is 21.7 Å². The van der Waals surface area contributed by atoms with Gasteiger partial charge in [-0.15, -0.1) is 0 Å².